The Morgan fingerprint density at radius 2 is 1.14 bits per heavy atom. The van der Waals surface area contributed by atoms with Crippen molar-refractivity contribution in [2.75, 3.05) is 0 Å². The molecule has 2 N–H and O–H groups in total. The predicted octanol–water partition coefficient (Wildman–Crippen LogP) is 4.88. The summed E-state index contributed by atoms with van der Waals surface area (Å²) in [5, 5.41) is 17.8. The molecule has 29 heavy (non-hydrogen) atoms. The number of benzene rings is 2. The fourth-order valence-corrected chi connectivity index (χ4v) is 3.11. The minimum Gasteiger partial charge on any atom is -0.380 e. The molecular weight excluding hydrogens is 400 g/mol. The number of aromatic nitrogens is 3. The van der Waals surface area contributed by atoms with E-state index in [4.69, 9.17) is 0 Å². The first kappa shape index (κ1) is 20.8. The summed E-state index contributed by atoms with van der Waals surface area (Å²) in [5.41, 5.74) is -3.66. The molecule has 4 nitrogen and oxygen atoms in total. The first-order valence-electron chi connectivity index (χ1n) is 8.37. The number of nitrogens with zero attached hydrogens (tertiary/aromatic N) is 2. The van der Waals surface area contributed by atoms with Gasteiger partial charge in [0.1, 0.15) is 17.8 Å². The van der Waals surface area contributed by atoms with Crippen LogP contribution in [0, 0.1) is 0 Å². The third kappa shape index (κ3) is 3.98. The number of aliphatic hydroxyl groups is 1. The van der Waals surface area contributed by atoms with E-state index in [9.17, 15) is 31.4 Å². The predicted molar refractivity (Wildman–Crippen MR) is 90.7 cm³/mol. The third-order valence-electron chi connectivity index (χ3n) is 4.78. The Bertz CT molecular complexity index is 890. The van der Waals surface area contributed by atoms with E-state index in [0.29, 0.717) is 0 Å². The number of aromatic amines is 1. The van der Waals surface area contributed by atoms with Crippen molar-refractivity contribution in [2.45, 2.75) is 30.8 Å². The highest BCUT2D eigenvalue weighted by Gasteiger charge is 2.41. The maximum absolute atomic E-state index is 12.9. The van der Waals surface area contributed by atoms with Crippen molar-refractivity contribution in [3.8, 4) is 0 Å². The number of hydrogen-bond donors (Lipinski definition) is 2. The molecule has 0 fully saturated rings. The van der Waals surface area contributed by atoms with Crippen LogP contribution in [-0.4, -0.2) is 20.3 Å². The van der Waals surface area contributed by atoms with Gasteiger partial charge in [0.05, 0.1) is 17.0 Å². The number of rotatable bonds is 4. The van der Waals surface area contributed by atoms with Gasteiger partial charge in [-0.1, -0.05) is 31.2 Å². The lowest BCUT2D eigenvalue weighted by molar-refractivity contribution is -0.138. The molecule has 10 heteroatoms. The van der Waals surface area contributed by atoms with Gasteiger partial charge in [-0.3, -0.25) is 5.10 Å². The molecule has 0 bridgehead atoms. The smallest absolute Gasteiger partial charge is 0.380 e. The minimum atomic E-state index is -4.57. The Hall–Kier alpha value is -2.88. The van der Waals surface area contributed by atoms with Gasteiger partial charge in [-0.05, 0) is 35.4 Å². The number of H-pyrrole nitrogens is 1. The van der Waals surface area contributed by atoms with Crippen LogP contribution in [0.25, 0.3) is 0 Å². The van der Waals surface area contributed by atoms with E-state index < -0.39 is 35.0 Å². The van der Waals surface area contributed by atoms with Crippen LogP contribution in [0.15, 0.2) is 54.9 Å². The zero-order valence-electron chi connectivity index (χ0n) is 14.9. The van der Waals surface area contributed by atoms with E-state index in [-0.39, 0.29) is 17.0 Å². The van der Waals surface area contributed by atoms with E-state index in [2.05, 4.69) is 15.2 Å². The maximum atomic E-state index is 12.9. The third-order valence-corrected chi connectivity index (χ3v) is 4.78. The summed E-state index contributed by atoms with van der Waals surface area (Å²) < 4.78 is 77.3. The number of hydrogen-bond acceptors (Lipinski definition) is 3. The summed E-state index contributed by atoms with van der Waals surface area (Å²) in [5.74, 6) is -0.647. The van der Waals surface area contributed by atoms with Gasteiger partial charge < -0.3 is 5.11 Å². The zero-order chi connectivity index (χ0) is 21.4. The van der Waals surface area contributed by atoms with E-state index in [1.165, 1.54) is 13.3 Å². The molecule has 1 unspecified atom stereocenters. The molecule has 1 aromatic heterocycles. The molecule has 0 aliphatic rings. The lowest BCUT2D eigenvalue weighted by Crippen LogP contribution is -2.34. The van der Waals surface area contributed by atoms with Gasteiger partial charge in [0.2, 0.25) is 0 Å². The average molecular weight is 415 g/mol. The minimum absolute atomic E-state index is 0.0640. The van der Waals surface area contributed by atoms with Crippen molar-refractivity contribution in [1.29, 1.82) is 0 Å². The van der Waals surface area contributed by atoms with Gasteiger partial charge in [0.15, 0.2) is 0 Å². The second kappa shape index (κ2) is 7.18. The Morgan fingerprint density at radius 1 is 0.759 bits per heavy atom. The molecule has 0 aliphatic heterocycles. The summed E-state index contributed by atoms with van der Waals surface area (Å²) in [6.07, 6.45) is -7.95. The van der Waals surface area contributed by atoms with E-state index in [0.717, 1.165) is 48.5 Å². The van der Waals surface area contributed by atoms with Gasteiger partial charge in [-0.2, -0.15) is 31.4 Å². The van der Waals surface area contributed by atoms with Crippen molar-refractivity contribution in [3.05, 3.63) is 82.9 Å². The van der Waals surface area contributed by atoms with Gasteiger partial charge in [-0.15, -0.1) is 0 Å². The molecule has 0 spiro atoms. The topological polar surface area (TPSA) is 61.8 Å². The SMILES string of the molecule is CC(c1ncn[nH]1)C(O)(c1ccc(C(F)(F)F)cc1)c1ccc(C(F)(F)F)cc1. The summed E-state index contributed by atoms with van der Waals surface area (Å²) in [4.78, 5) is 3.96. The monoisotopic (exact) mass is 415 g/mol. The van der Waals surface area contributed by atoms with Gasteiger partial charge in [0, 0.05) is 0 Å². The van der Waals surface area contributed by atoms with E-state index in [1.807, 2.05) is 0 Å². The lowest BCUT2D eigenvalue weighted by Gasteiger charge is -2.34. The van der Waals surface area contributed by atoms with E-state index in [1.54, 1.807) is 0 Å². The number of alkyl halides is 6. The fraction of sp³-hybridized carbons (Fsp3) is 0.263. The van der Waals surface area contributed by atoms with Gasteiger partial charge in [-0.25, -0.2) is 4.98 Å². The lowest BCUT2D eigenvalue weighted by atomic mass is 9.76. The number of nitrogens with one attached hydrogen (secondary N) is 1. The highest BCUT2D eigenvalue weighted by molar-refractivity contribution is 5.42. The van der Waals surface area contributed by atoms with Crippen LogP contribution >= 0.6 is 0 Å². The normalized spacial score (nSPS) is 14.1. The molecule has 0 aliphatic carbocycles. The van der Waals surface area contributed by atoms with Crippen LogP contribution in [0.1, 0.15) is 40.9 Å². The van der Waals surface area contributed by atoms with E-state index >= 15 is 0 Å². The molecule has 154 valence electrons. The van der Waals surface area contributed by atoms with Crippen LogP contribution < -0.4 is 0 Å². The van der Waals surface area contributed by atoms with Crippen LogP contribution in [0.3, 0.4) is 0 Å². The Labute approximate surface area is 161 Å². The van der Waals surface area contributed by atoms with Crippen LogP contribution in [0.4, 0.5) is 26.3 Å². The summed E-state index contributed by atoms with van der Waals surface area (Å²) in [7, 11) is 0. The molecule has 3 aromatic rings. The van der Waals surface area contributed by atoms with Gasteiger partial charge in [0.25, 0.3) is 0 Å². The first-order valence-corrected chi connectivity index (χ1v) is 8.37. The molecule has 0 saturated carbocycles. The molecule has 0 radical (unpaired) electrons. The second-order valence-corrected chi connectivity index (χ2v) is 6.51. The van der Waals surface area contributed by atoms with Gasteiger partial charge >= 0.3 is 12.4 Å². The Morgan fingerprint density at radius 3 is 1.45 bits per heavy atom. The first-order chi connectivity index (χ1) is 13.4. The van der Waals surface area contributed by atoms with Crippen LogP contribution in [-0.2, 0) is 18.0 Å². The van der Waals surface area contributed by atoms with Crippen molar-refractivity contribution in [2.24, 2.45) is 0 Å². The fourth-order valence-electron chi connectivity index (χ4n) is 3.11. The molecule has 1 atom stereocenters. The van der Waals surface area contributed by atoms with Crippen molar-refractivity contribution in [1.82, 2.24) is 15.2 Å². The Kier molecular flexibility index (Phi) is 5.16. The average Bonchev–Trinajstić information content (AvgIpc) is 3.20. The highest BCUT2D eigenvalue weighted by atomic mass is 19.4. The second-order valence-electron chi connectivity index (χ2n) is 6.51. The van der Waals surface area contributed by atoms with Crippen molar-refractivity contribution in [3.63, 3.8) is 0 Å². The standard InChI is InChI=1S/C19H15F6N3O/c1-11(16-26-10-27-28-16)17(29,12-2-6-14(7-3-12)18(20,21)22)13-4-8-15(9-5-13)19(23,24)25/h2-11,29H,1H3,(H,26,27,28). The number of halogens is 6. The van der Waals surface area contributed by atoms with Crippen LogP contribution in [0.2, 0.25) is 0 Å². The van der Waals surface area contributed by atoms with Crippen LogP contribution in [0.5, 0.6) is 0 Å². The summed E-state index contributed by atoms with van der Waals surface area (Å²) in [6.45, 7) is 1.54. The zero-order valence-corrected chi connectivity index (χ0v) is 14.9. The molecule has 0 amide bonds. The quantitative estimate of drug-likeness (QED) is 0.597. The summed E-state index contributed by atoms with van der Waals surface area (Å²) >= 11 is 0. The largest absolute Gasteiger partial charge is 0.416 e. The molecule has 1 heterocycles. The van der Waals surface area contributed by atoms with Crippen molar-refractivity contribution < 1.29 is 31.4 Å². The summed E-state index contributed by atoms with van der Waals surface area (Å²) in [6, 6.07) is 7.57. The Balaban J connectivity index is 2.12. The molecular formula is C19H15F6N3O. The van der Waals surface area contributed by atoms with Crippen molar-refractivity contribution >= 4 is 0 Å². The molecule has 0 saturated heterocycles. The molecule has 3 rings (SSSR count). The highest BCUT2D eigenvalue weighted by Crippen LogP contribution is 2.43. The molecule has 2 aromatic carbocycles. The maximum Gasteiger partial charge on any atom is 0.416 e.